The lowest BCUT2D eigenvalue weighted by molar-refractivity contribution is 1.22. The van der Waals surface area contributed by atoms with Crippen LogP contribution in [0.4, 0.5) is 0 Å². The Balaban J connectivity index is 2.82. The van der Waals surface area contributed by atoms with Crippen LogP contribution in [0.25, 0.3) is 0 Å². The van der Waals surface area contributed by atoms with Crippen LogP contribution in [-0.4, -0.2) is 0 Å². The number of thiol groups is 1. The van der Waals surface area contributed by atoms with Crippen LogP contribution in [0, 0.1) is 12.3 Å². The first kappa shape index (κ1) is 9.95. The topological polar surface area (TPSA) is 0 Å². The lowest BCUT2D eigenvalue weighted by Gasteiger charge is -2.05. The van der Waals surface area contributed by atoms with Crippen LogP contribution in [0.15, 0.2) is 42.0 Å². The molecule has 1 rings (SSSR count). The smallest absolute Gasteiger partial charge is 0.0458 e. The maximum absolute atomic E-state index is 5.25. The predicted octanol–water partition coefficient (Wildman–Crippen LogP) is 3.24. The summed E-state index contributed by atoms with van der Waals surface area (Å²) >= 11 is 4.44. The second kappa shape index (κ2) is 4.79. The molecule has 0 fully saturated rings. The average Bonchev–Trinajstić information content (AvgIpc) is 2.19. The van der Waals surface area contributed by atoms with Crippen molar-refractivity contribution in [3.63, 3.8) is 0 Å². The first-order valence-corrected chi connectivity index (χ1v) is 4.63. The van der Waals surface area contributed by atoms with Gasteiger partial charge in [-0.25, -0.2) is 0 Å². The van der Waals surface area contributed by atoms with Crippen molar-refractivity contribution >= 4 is 12.6 Å². The van der Waals surface area contributed by atoms with Crippen LogP contribution >= 0.6 is 12.6 Å². The van der Waals surface area contributed by atoms with E-state index in [4.69, 9.17) is 6.42 Å². The molecule has 0 spiro atoms. The average molecular weight is 188 g/mol. The lowest BCUT2D eigenvalue weighted by atomic mass is 10.1. The molecule has 13 heavy (non-hydrogen) atoms. The van der Waals surface area contributed by atoms with Crippen molar-refractivity contribution in [1.29, 1.82) is 0 Å². The van der Waals surface area contributed by atoms with E-state index in [2.05, 4.69) is 18.5 Å². The maximum Gasteiger partial charge on any atom is 0.0458 e. The van der Waals surface area contributed by atoms with Gasteiger partial charge in [0.2, 0.25) is 0 Å². The van der Waals surface area contributed by atoms with Crippen molar-refractivity contribution < 1.29 is 0 Å². The zero-order valence-corrected chi connectivity index (χ0v) is 8.46. The molecule has 0 nitrogen and oxygen atoms in total. The fourth-order valence-corrected chi connectivity index (χ4v) is 1.43. The summed E-state index contributed by atoms with van der Waals surface area (Å²) in [5.74, 6) is 2.58. The molecule has 0 aliphatic heterocycles. The molecular formula is C12H12S. The van der Waals surface area contributed by atoms with Crippen molar-refractivity contribution in [1.82, 2.24) is 0 Å². The fourth-order valence-electron chi connectivity index (χ4n) is 1.03. The van der Waals surface area contributed by atoms with E-state index in [-0.39, 0.29) is 5.25 Å². The van der Waals surface area contributed by atoms with Crippen LogP contribution in [0.2, 0.25) is 0 Å². The molecule has 0 aromatic heterocycles. The van der Waals surface area contributed by atoms with Crippen LogP contribution in [0.1, 0.15) is 17.7 Å². The molecule has 1 aromatic carbocycles. The van der Waals surface area contributed by atoms with Gasteiger partial charge in [-0.2, -0.15) is 12.6 Å². The highest BCUT2D eigenvalue weighted by Gasteiger charge is 2.00. The van der Waals surface area contributed by atoms with E-state index in [1.165, 1.54) is 5.56 Å². The minimum absolute atomic E-state index is 0.0947. The van der Waals surface area contributed by atoms with Gasteiger partial charge in [0, 0.05) is 5.25 Å². The maximum atomic E-state index is 5.25. The minimum atomic E-state index is 0.0947. The molecule has 1 unspecified atom stereocenters. The Kier molecular flexibility index (Phi) is 3.67. The number of hydrogen-bond acceptors (Lipinski definition) is 1. The first-order chi connectivity index (χ1) is 6.24. The lowest BCUT2D eigenvalue weighted by Crippen LogP contribution is -1.86. The quantitative estimate of drug-likeness (QED) is 0.534. The summed E-state index contributed by atoms with van der Waals surface area (Å²) in [6.07, 6.45) is 7.22. The number of allylic oxidation sites excluding steroid dienone is 1. The van der Waals surface area contributed by atoms with Crippen LogP contribution in [0.3, 0.4) is 0 Å². The normalized spacial score (nSPS) is 13.5. The monoisotopic (exact) mass is 188 g/mol. The summed E-state index contributed by atoms with van der Waals surface area (Å²) in [6, 6.07) is 10.1. The molecule has 0 radical (unpaired) electrons. The SMILES string of the molecule is C#C/C(C)=C\C(S)c1ccccc1. The molecule has 0 saturated heterocycles. The van der Waals surface area contributed by atoms with Gasteiger partial charge in [0.15, 0.2) is 0 Å². The van der Waals surface area contributed by atoms with E-state index in [9.17, 15) is 0 Å². The van der Waals surface area contributed by atoms with Gasteiger partial charge in [-0.15, -0.1) is 6.42 Å². The molecule has 1 aromatic rings. The molecule has 0 N–H and O–H groups in total. The number of terminal acetylenes is 1. The Morgan fingerprint density at radius 1 is 1.46 bits per heavy atom. The standard InChI is InChI=1S/C12H12S/c1-3-10(2)9-12(13)11-7-5-4-6-8-11/h1,4-9,12-13H,2H3/b10-9-. The summed E-state index contributed by atoms with van der Waals surface area (Å²) < 4.78 is 0. The largest absolute Gasteiger partial charge is 0.167 e. The van der Waals surface area contributed by atoms with Crippen molar-refractivity contribution in [2.45, 2.75) is 12.2 Å². The van der Waals surface area contributed by atoms with Gasteiger partial charge in [-0.1, -0.05) is 42.3 Å². The molecule has 66 valence electrons. The van der Waals surface area contributed by atoms with Gasteiger partial charge in [-0.05, 0) is 18.1 Å². The Labute approximate surface area is 85.1 Å². The third-order valence-corrected chi connectivity index (χ3v) is 2.22. The van der Waals surface area contributed by atoms with E-state index < -0.39 is 0 Å². The number of rotatable bonds is 2. The summed E-state index contributed by atoms with van der Waals surface area (Å²) in [4.78, 5) is 0. The predicted molar refractivity (Wildman–Crippen MR) is 60.8 cm³/mol. The van der Waals surface area contributed by atoms with Crippen LogP contribution in [0.5, 0.6) is 0 Å². The van der Waals surface area contributed by atoms with Crippen molar-refractivity contribution in [2.24, 2.45) is 0 Å². The molecule has 0 heterocycles. The number of hydrogen-bond donors (Lipinski definition) is 1. The first-order valence-electron chi connectivity index (χ1n) is 4.12. The molecule has 0 bridgehead atoms. The van der Waals surface area contributed by atoms with Gasteiger partial charge in [0.05, 0.1) is 0 Å². The van der Waals surface area contributed by atoms with E-state index in [1.54, 1.807) is 0 Å². The summed E-state index contributed by atoms with van der Waals surface area (Å²) in [7, 11) is 0. The molecule has 0 aliphatic rings. The van der Waals surface area contributed by atoms with Gasteiger partial charge >= 0.3 is 0 Å². The van der Waals surface area contributed by atoms with Gasteiger partial charge in [0.1, 0.15) is 0 Å². The summed E-state index contributed by atoms with van der Waals surface area (Å²) in [5, 5.41) is 0.0947. The molecule has 0 saturated carbocycles. The second-order valence-electron chi connectivity index (χ2n) is 2.85. The molecule has 1 heteroatoms. The second-order valence-corrected chi connectivity index (χ2v) is 3.41. The Morgan fingerprint density at radius 3 is 2.62 bits per heavy atom. The van der Waals surface area contributed by atoms with Crippen LogP contribution in [-0.2, 0) is 0 Å². The van der Waals surface area contributed by atoms with Gasteiger partial charge in [-0.3, -0.25) is 0 Å². The Hall–Kier alpha value is -1.13. The molecule has 0 aliphatic carbocycles. The molecular weight excluding hydrogens is 176 g/mol. The number of benzene rings is 1. The van der Waals surface area contributed by atoms with E-state index in [1.807, 2.05) is 43.3 Å². The van der Waals surface area contributed by atoms with Crippen molar-refractivity contribution in [3.8, 4) is 12.3 Å². The van der Waals surface area contributed by atoms with Gasteiger partial charge < -0.3 is 0 Å². The van der Waals surface area contributed by atoms with Crippen molar-refractivity contribution in [3.05, 3.63) is 47.5 Å². The highest BCUT2D eigenvalue weighted by atomic mass is 32.1. The zero-order valence-electron chi connectivity index (χ0n) is 7.57. The van der Waals surface area contributed by atoms with Crippen molar-refractivity contribution in [2.75, 3.05) is 0 Å². The van der Waals surface area contributed by atoms with E-state index >= 15 is 0 Å². The molecule has 1 atom stereocenters. The van der Waals surface area contributed by atoms with Gasteiger partial charge in [0.25, 0.3) is 0 Å². The zero-order chi connectivity index (χ0) is 9.68. The summed E-state index contributed by atoms with van der Waals surface area (Å²) in [6.45, 7) is 1.91. The molecule has 0 amide bonds. The minimum Gasteiger partial charge on any atom is -0.167 e. The van der Waals surface area contributed by atoms with E-state index in [0.717, 1.165) is 5.57 Å². The third-order valence-electron chi connectivity index (χ3n) is 1.78. The Bertz CT molecular complexity index is 330. The summed E-state index contributed by atoms with van der Waals surface area (Å²) in [5.41, 5.74) is 2.09. The highest BCUT2D eigenvalue weighted by molar-refractivity contribution is 7.80. The van der Waals surface area contributed by atoms with E-state index in [0.29, 0.717) is 0 Å². The highest BCUT2D eigenvalue weighted by Crippen LogP contribution is 2.21. The third kappa shape index (κ3) is 3.01. The Morgan fingerprint density at radius 2 is 2.08 bits per heavy atom. The fraction of sp³-hybridized carbons (Fsp3) is 0.167. The van der Waals surface area contributed by atoms with Crippen LogP contribution < -0.4 is 0 Å².